The fourth-order valence-corrected chi connectivity index (χ4v) is 3.50. The predicted molar refractivity (Wildman–Crippen MR) is 93.4 cm³/mol. The first-order valence-corrected chi connectivity index (χ1v) is 8.47. The summed E-state index contributed by atoms with van der Waals surface area (Å²) in [4.78, 5) is 13.5. The summed E-state index contributed by atoms with van der Waals surface area (Å²) >= 11 is 0. The molecule has 4 rings (SSSR count). The fourth-order valence-electron chi connectivity index (χ4n) is 3.50. The lowest BCUT2D eigenvalue weighted by molar-refractivity contribution is -0.00543. The average Bonchev–Trinajstić information content (AvgIpc) is 3.19. The number of ether oxygens (including phenoxy) is 1. The second-order valence-electron chi connectivity index (χ2n) is 6.75. The Balaban J connectivity index is 1.87. The van der Waals surface area contributed by atoms with Gasteiger partial charge in [0.2, 0.25) is 11.4 Å². The molecular formula is C18H19FN4O3. The van der Waals surface area contributed by atoms with Crippen molar-refractivity contribution >= 4 is 22.9 Å². The number of aldehydes is 1. The first-order chi connectivity index (χ1) is 12.5. The van der Waals surface area contributed by atoms with E-state index in [-0.39, 0.29) is 29.0 Å². The Labute approximate surface area is 149 Å². The third-order valence-corrected chi connectivity index (χ3v) is 4.48. The molecule has 0 saturated carbocycles. The summed E-state index contributed by atoms with van der Waals surface area (Å²) in [5.41, 5.74) is 1.43. The monoisotopic (exact) mass is 358 g/mol. The van der Waals surface area contributed by atoms with Gasteiger partial charge in [0.15, 0.2) is 12.1 Å². The minimum absolute atomic E-state index is 0.0144. The van der Waals surface area contributed by atoms with Crippen LogP contribution in [0.25, 0.3) is 16.8 Å². The number of fused-ring (bicyclic) bond motifs is 1. The van der Waals surface area contributed by atoms with Gasteiger partial charge in [0.05, 0.1) is 29.5 Å². The average molecular weight is 358 g/mol. The van der Waals surface area contributed by atoms with Crippen LogP contribution in [0.1, 0.15) is 29.8 Å². The van der Waals surface area contributed by atoms with Crippen LogP contribution in [0.5, 0.6) is 0 Å². The second kappa shape index (κ2) is 6.21. The molecule has 8 heteroatoms. The van der Waals surface area contributed by atoms with Crippen molar-refractivity contribution in [2.45, 2.75) is 33.0 Å². The van der Waals surface area contributed by atoms with Gasteiger partial charge in [0, 0.05) is 24.8 Å². The molecule has 0 aliphatic carbocycles. The summed E-state index contributed by atoms with van der Waals surface area (Å²) < 4.78 is 27.8. The van der Waals surface area contributed by atoms with Crippen molar-refractivity contribution in [3.05, 3.63) is 35.4 Å². The van der Waals surface area contributed by atoms with Crippen molar-refractivity contribution < 1.29 is 18.4 Å². The van der Waals surface area contributed by atoms with E-state index in [0.29, 0.717) is 30.6 Å². The highest BCUT2D eigenvalue weighted by Crippen LogP contribution is 2.35. The molecule has 0 bridgehead atoms. The van der Waals surface area contributed by atoms with Gasteiger partial charge in [-0.15, -0.1) is 0 Å². The van der Waals surface area contributed by atoms with Crippen LogP contribution < -0.4 is 4.90 Å². The van der Waals surface area contributed by atoms with Gasteiger partial charge in [-0.25, -0.2) is 9.07 Å². The number of hydrogen-bond acceptors (Lipinski definition) is 6. The van der Waals surface area contributed by atoms with Gasteiger partial charge >= 0.3 is 0 Å². The number of carbonyl (C=O) groups is 1. The van der Waals surface area contributed by atoms with E-state index in [9.17, 15) is 4.79 Å². The third-order valence-electron chi connectivity index (χ3n) is 4.48. The topological polar surface area (TPSA) is 73.4 Å². The number of nitrogens with zero attached hydrogens (tertiary/aromatic N) is 4. The van der Waals surface area contributed by atoms with Crippen LogP contribution in [-0.2, 0) is 4.74 Å². The summed E-state index contributed by atoms with van der Waals surface area (Å²) in [5, 5.41) is 8.55. The fraction of sp³-hybridized carbons (Fsp3) is 0.389. The van der Waals surface area contributed by atoms with Gasteiger partial charge in [0.1, 0.15) is 0 Å². The molecule has 1 aliphatic heterocycles. The molecule has 0 radical (unpaired) electrons. The molecule has 0 unspecified atom stereocenters. The van der Waals surface area contributed by atoms with E-state index in [1.165, 1.54) is 4.68 Å². The lowest BCUT2D eigenvalue weighted by atomic mass is 10.1. The van der Waals surface area contributed by atoms with E-state index < -0.39 is 5.82 Å². The Kier molecular flexibility index (Phi) is 3.99. The highest BCUT2D eigenvalue weighted by atomic mass is 19.1. The molecule has 2 aromatic heterocycles. The molecule has 1 aliphatic rings. The molecule has 1 aromatic carbocycles. The SMILES string of the molecule is Cc1cnn(-c2noc3c(F)c(N4C[C@@H](C)O[C@@H](C)C4)c(C=O)cc23)c1. The van der Waals surface area contributed by atoms with Crippen LogP contribution in [0, 0.1) is 12.7 Å². The normalized spacial score (nSPS) is 20.7. The predicted octanol–water partition coefficient (Wildman–Crippen LogP) is 2.89. The highest BCUT2D eigenvalue weighted by Gasteiger charge is 2.29. The summed E-state index contributed by atoms with van der Waals surface area (Å²) in [6.45, 7) is 6.72. The largest absolute Gasteiger partial charge is 0.372 e. The molecule has 26 heavy (non-hydrogen) atoms. The zero-order valence-corrected chi connectivity index (χ0v) is 14.8. The Morgan fingerprint density at radius 2 is 2.04 bits per heavy atom. The number of hydrogen-bond donors (Lipinski definition) is 0. The third kappa shape index (κ3) is 2.66. The number of aryl methyl sites for hydroxylation is 1. The van der Waals surface area contributed by atoms with Gasteiger partial charge in [0.25, 0.3) is 0 Å². The van der Waals surface area contributed by atoms with Crippen LogP contribution in [0.4, 0.5) is 10.1 Å². The number of morpholine rings is 1. The number of anilines is 1. The van der Waals surface area contributed by atoms with Crippen LogP contribution >= 0.6 is 0 Å². The molecule has 136 valence electrons. The number of carbonyl (C=O) groups excluding carboxylic acids is 1. The van der Waals surface area contributed by atoms with Crippen LogP contribution in [-0.4, -0.2) is 46.5 Å². The summed E-state index contributed by atoms with van der Waals surface area (Å²) in [7, 11) is 0. The van der Waals surface area contributed by atoms with Gasteiger partial charge in [-0.2, -0.15) is 5.10 Å². The van der Waals surface area contributed by atoms with E-state index in [4.69, 9.17) is 9.26 Å². The maximum Gasteiger partial charge on any atom is 0.206 e. The van der Waals surface area contributed by atoms with Crippen molar-refractivity contribution in [1.82, 2.24) is 14.9 Å². The van der Waals surface area contributed by atoms with Crippen molar-refractivity contribution in [3.63, 3.8) is 0 Å². The highest BCUT2D eigenvalue weighted by molar-refractivity contribution is 5.97. The van der Waals surface area contributed by atoms with Crippen molar-refractivity contribution in [1.29, 1.82) is 0 Å². The smallest absolute Gasteiger partial charge is 0.206 e. The van der Waals surface area contributed by atoms with Gasteiger partial charge < -0.3 is 14.2 Å². The van der Waals surface area contributed by atoms with E-state index >= 15 is 4.39 Å². The first kappa shape index (κ1) is 16.7. The molecule has 0 spiro atoms. The molecular weight excluding hydrogens is 339 g/mol. The van der Waals surface area contributed by atoms with Crippen LogP contribution in [0.2, 0.25) is 0 Å². The standard InChI is InChI=1S/C18H19FN4O3/c1-10-5-20-23(6-10)18-14-4-13(9-24)16(15(19)17(14)26-21-18)22-7-11(2)25-12(3)8-22/h4-6,9,11-12H,7-8H2,1-3H3/t11-,12+. The summed E-state index contributed by atoms with van der Waals surface area (Å²) in [6, 6.07) is 1.61. The molecule has 3 heterocycles. The van der Waals surface area contributed by atoms with E-state index in [0.717, 1.165) is 5.56 Å². The van der Waals surface area contributed by atoms with E-state index in [1.54, 1.807) is 18.5 Å². The number of halogens is 1. The maximum absolute atomic E-state index is 15.3. The number of rotatable bonds is 3. The Morgan fingerprint density at radius 1 is 1.31 bits per heavy atom. The molecule has 1 saturated heterocycles. The van der Waals surface area contributed by atoms with Gasteiger partial charge in [-0.3, -0.25) is 4.79 Å². The Morgan fingerprint density at radius 3 is 2.65 bits per heavy atom. The zero-order valence-electron chi connectivity index (χ0n) is 14.8. The quantitative estimate of drug-likeness (QED) is 0.671. The van der Waals surface area contributed by atoms with E-state index in [1.807, 2.05) is 25.7 Å². The first-order valence-electron chi connectivity index (χ1n) is 8.47. The Hall–Kier alpha value is -2.74. The second-order valence-corrected chi connectivity index (χ2v) is 6.75. The molecule has 7 nitrogen and oxygen atoms in total. The minimum atomic E-state index is -0.589. The zero-order chi connectivity index (χ0) is 18.4. The number of aromatic nitrogens is 3. The van der Waals surface area contributed by atoms with Crippen LogP contribution in [0.3, 0.4) is 0 Å². The summed E-state index contributed by atoms with van der Waals surface area (Å²) in [5.74, 6) is -0.237. The minimum Gasteiger partial charge on any atom is -0.372 e. The summed E-state index contributed by atoms with van der Waals surface area (Å²) in [6.07, 6.45) is 3.96. The molecule has 1 fully saturated rings. The molecule has 0 N–H and O–H groups in total. The molecule has 0 amide bonds. The molecule has 2 atom stereocenters. The lowest BCUT2D eigenvalue weighted by Gasteiger charge is -2.37. The van der Waals surface area contributed by atoms with Crippen molar-refractivity contribution in [3.8, 4) is 5.82 Å². The number of benzene rings is 1. The molecule has 3 aromatic rings. The lowest BCUT2D eigenvalue weighted by Crippen LogP contribution is -2.46. The van der Waals surface area contributed by atoms with Crippen LogP contribution in [0.15, 0.2) is 23.0 Å². The van der Waals surface area contributed by atoms with Crippen molar-refractivity contribution in [2.75, 3.05) is 18.0 Å². The van der Waals surface area contributed by atoms with Gasteiger partial charge in [-0.05, 0) is 32.4 Å². The van der Waals surface area contributed by atoms with Gasteiger partial charge in [-0.1, -0.05) is 5.16 Å². The van der Waals surface area contributed by atoms with Crippen molar-refractivity contribution in [2.24, 2.45) is 0 Å². The maximum atomic E-state index is 15.3. The Bertz CT molecular complexity index is 970. The van der Waals surface area contributed by atoms with E-state index in [2.05, 4.69) is 10.3 Å².